The molecule has 0 bridgehead atoms. The summed E-state index contributed by atoms with van der Waals surface area (Å²) in [6, 6.07) is 17.0. The van der Waals surface area contributed by atoms with Crippen LogP contribution in [0.2, 0.25) is 0 Å². The van der Waals surface area contributed by atoms with Crippen LogP contribution in [0.25, 0.3) is 35.2 Å². The first kappa shape index (κ1) is 22.2. The second kappa shape index (κ2) is 10.1. The second-order valence-corrected chi connectivity index (χ2v) is 8.89. The third-order valence-electron chi connectivity index (χ3n) is 6.39. The van der Waals surface area contributed by atoms with Crippen molar-refractivity contribution in [2.45, 2.75) is 6.54 Å². The number of H-pyrrole nitrogens is 2. The number of aromatic amines is 2. The smallest absolute Gasteiger partial charge is 0.126 e. The highest BCUT2D eigenvalue weighted by Gasteiger charge is 2.14. The number of hydrogen-bond acceptors (Lipinski definition) is 4. The fourth-order valence-electron chi connectivity index (χ4n) is 4.31. The van der Waals surface area contributed by atoms with Crippen molar-refractivity contribution in [1.82, 2.24) is 25.0 Å². The van der Waals surface area contributed by atoms with E-state index in [9.17, 15) is 0 Å². The minimum atomic E-state index is 0.878. The largest absolute Gasteiger partial charge is 0.496 e. The average Bonchev–Trinajstić information content (AvgIpc) is 3.52. The lowest BCUT2D eigenvalue weighted by Gasteiger charge is -2.32. The number of likely N-dealkylation sites (N-methyl/N-ethyl adjacent to an activating group) is 1. The van der Waals surface area contributed by atoms with Crippen molar-refractivity contribution in [2.24, 2.45) is 0 Å². The van der Waals surface area contributed by atoms with E-state index in [-0.39, 0.29) is 0 Å². The molecule has 0 spiro atoms. The number of piperazine rings is 1. The van der Waals surface area contributed by atoms with Crippen LogP contribution in [0.15, 0.2) is 54.7 Å². The van der Waals surface area contributed by atoms with Crippen LogP contribution in [0.5, 0.6) is 5.75 Å². The highest BCUT2D eigenvalue weighted by Crippen LogP contribution is 2.24. The fraction of sp³-hybridized carbons (Fsp3) is 0.250. The van der Waals surface area contributed by atoms with Crippen molar-refractivity contribution in [2.75, 3.05) is 40.3 Å². The molecule has 3 heterocycles. The number of aromatic nitrogens is 3. The first-order chi connectivity index (χ1) is 16.7. The fourth-order valence-corrected chi connectivity index (χ4v) is 4.31. The number of rotatable bonds is 7. The monoisotopic (exact) mass is 453 g/mol. The minimum absolute atomic E-state index is 0.878. The second-order valence-electron chi connectivity index (χ2n) is 8.89. The topological polar surface area (TPSA) is 60.2 Å². The van der Waals surface area contributed by atoms with Gasteiger partial charge in [0.05, 0.1) is 18.5 Å². The average molecular weight is 454 g/mol. The Hall–Kier alpha value is -3.61. The van der Waals surface area contributed by atoms with Crippen LogP contribution in [0.3, 0.4) is 0 Å². The van der Waals surface area contributed by atoms with Crippen molar-refractivity contribution < 1.29 is 4.74 Å². The lowest BCUT2D eigenvalue weighted by Crippen LogP contribution is -2.43. The quantitative estimate of drug-likeness (QED) is 0.414. The van der Waals surface area contributed by atoms with Crippen molar-refractivity contribution in [1.29, 1.82) is 0 Å². The van der Waals surface area contributed by atoms with Gasteiger partial charge in [0.1, 0.15) is 5.75 Å². The van der Waals surface area contributed by atoms with E-state index in [1.807, 2.05) is 24.4 Å². The number of ether oxygens (including phenoxy) is 1. The summed E-state index contributed by atoms with van der Waals surface area (Å²) in [5.41, 5.74) is 6.44. The third-order valence-corrected chi connectivity index (χ3v) is 6.39. The van der Waals surface area contributed by atoms with Gasteiger partial charge in [-0.2, -0.15) is 5.10 Å². The molecule has 2 N–H and O–H groups in total. The Bertz CT molecular complexity index is 1310. The molecule has 2 aromatic carbocycles. The normalized spacial score (nSPS) is 15.7. The SMILES string of the molecule is COc1cc(CN2CCN(C)CC2)ccc1/C=C/c1cc(C=Cc2ccc3cc[nH]c3c2)[nH]n1. The van der Waals surface area contributed by atoms with E-state index in [0.29, 0.717) is 0 Å². The molecule has 34 heavy (non-hydrogen) atoms. The van der Waals surface area contributed by atoms with Gasteiger partial charge in [0.25, 0.3) is 0 Å². The van der Waals surface area contributed by atoms with E-state index < -0.39 is 0 Å². The standard InChI is InChI=1S/C28H31N5O/c1-32-13-15-33(16-14-32)20-22-4-7-24(28(18-22)34-2)8-10-26-19-25(30-31-26)9-5-21-3-6-23-11-12-29-27(23)17-21/h3-12,17-19,29H,13-16,20H2,1-2H3,(H,30,31)/b9-5?,10-8+. The summed E-state index contributed by atoms with van der Waals surface area (Å²) in [6.07, 6.45) is 10.2. The van der Waals surface area contributed by atoms with Crippen LogP contribution in [-0.2, 0) is 6.54 Å². The van der Waals surface area contributed by atoms with Gasteiger partial charge in [-0.15, -0.1) is 0 Å². The van der Waals surface area contributed by atoms with E-state index in [0.717, 1.165) is 66.5 Å². The summed E-state index contributed by atoms with van der Waals surface area (Å²) in [6.45, 7) is 5.43. The first-order valence-corrected chi connectivity index (χ1v) is 11.7. The predicted molar refractivity (Wildman–Crippen MR) is 141 cm³/mol. The number of benzene rings is 2. The number of fused-ring (bicyclic) bond motifs is 1. The maximum Gasteiger partial charge on any atom is 0.126 e. The van der Waals surface area contributed by atoms with Crippen LogP contribution < -0.4 is 4.74 Å². The van der Waals surface area contributed by atoms with E-state index in [1.165, 1.54) is 10.9 Å². The van der Waals surface area contributed by atoms with Gasteiger partial charge in [-0.05, 0) is 66.1 Å². The molecule has 0 amide bonds. The molecule has 1 fully saturated rings. The van der Waals surface area contributed by atoms with Crippen LogP contribution >= 0.6 is 0 Å². The van der Waals surface area contributed by atoms with Gasteiger partial charge in [0.15, 0.2) is 0 Å². The van der Waals surface area contributed by atoms with Crippen molar-refractivity contribution >= 4 is 35.2 Å². The summed E-state index contributed by atoms with van der Waals surface area (Å²) < 4.78 is 5.68. The first-order valence-electron chi connectivity index (χ1n) is 11.7. The minimum Gasteiger partial charge on any atom is -0.496 e. The molecule has 6 heteroatoms. The lowest BCUT2D eigenvalue weighted by atomic mass is 10.1. The highest BCUT2D eigenvalue weighted by molar-refractivity contribution is 5.83. The Morgan fingerprint density at radius 1 is 0.941 bits per heavy atom. The molecule has 0 unspecified atom stereocenters. The van der Waals surface area contributed by atoms with Crippen molar-refractivity contribution in [3.63, 3.8) is 0 Å². The number of nitrogens with zero attached hydrogens (tertiary/aromatic N) is 3. The molecule has 2 aromatic heterocycles. The zero-order valence-electron chi connectivity index (χ0n) is 19.8. The van der Waals surface area contributed by atoms with Gasteiger partial charge >= 0.3 is 0 Å². The Morgan fingerprint density at radius 2 is 1.82 bits per heavy atom. The molecule has 1 aliphatic heterocycles. The summed E-state index contributed by atoms with van der Waals surface area (Å²) in [7, 11) is 3.91. The molecule has 6 nitrogen and oxygen atoms in total. The van der Waals surface area contributed by atoms with Crippen molar-refractivity contribution in [3.8, 4) is 5.75 Å². The maximum atomic E-state index is 5.68. The zero-order chi connectivity index (χ0) is 23.3. The summed E-state index contributed by atoms with van der Waals surface area (Å²) >= 11 is 0. The number of nitrogens with one attached hydrogen (secondary N) is 2. The van der Waals surface area contributed by atoms with Gasteiger partial charge in [-0.25, -0.2) is 0 Å². The molecule has 1 saturated heterocycles. The van der Waals surface area contributed by atoms with Gasteiger partial charge in [-0.1, -0.05) is 30.3 Å². The molecule has 0 saturated carbocycles. The van der Waals surface area contributed by atoms with E-state index >= 15 is 0 Å². The zero-order valence-corrected chi connectivity index (χ0v) is 19.8. The van der Waals surface area contributed by atoms with Crippen LogP contribution in [0.1, 0.15) is 28.1 Å². The molecule has 0 radical (unpaired) electrons. The summed E-state index contributed by atoms with van der Waals surface area (Å²) in [5, 5.41) is 8.73. The molecule has 4 aromatic rings. The van der Waals surface area contributed by atoms with Crippen LogP contribution in [0, 0.1) is 0 Å². The van der Waals surface area contributed by atoms with Gasteiger partial charge in [-0.3, -0.25) is 10.00 Å². The van der Waals surface area contributed by atoms with Crippen molar-refractivity contribution in [3.05, 3.63) is 82.8 Å². The highest BCUT2D eigenvalue weighted by atomic mass is 16.5. The Morgan fingerprint density at radius 3 is 2.68 bits per heavy atom. The Kier molecular flexibility index (Phi) is 6.60. The molecule has 174 valence electrons. The van der Waals surface area contributed by atoms with Crippen LogP contribution in [-0.4, -0.2) is 65.3 Å². The predicted octanol–water partition coefficient (Wildman–Crippen LogP) is 4.99. The van der Waals surface area contributed by atoms with E-state index in [1.54, 1.807) is 7.11 Å². The molecule has 1 aliphatic rings. The number of methoxy groups -OCH3 is 1. The third kappa shape index (κ3) is 5.30. The molecule has 0 atom stereocenters. The molecule has 5 rings (SSSR count). The van der Waals surface area contributed by atoms with Gasteiger partial charge < -0.3 is 14.6 Å². The number of hydrogen-bond donors (Lipinski definition) is 2. The van der Waals surface area contributed by atoms with Gasteiger partial charge in [0, 0.05) is 50.0 Å². The Labute approximate surface area is 200 Å². The maximum absolute atomic E-state index is 5.68. The van der Waals surface area contributed by atoms with Crippen LogP contribution in [0.4, 0.5) is 0 Å². The van der Waals surface area contributed by atoms with E-state index in [2.05, 4.69) is 86.6 Å². The van der Waals surface area contributed by atoms with E-state index in [4.69, 9.17) is 4.74 Å². The Balaban J connectivity index is 1.24. The molecule has 0 aliphatic carbocycles. The van der Waals surface area contributed by atoms with Gasteiger partial charge in [0.2, 0.25) is 0 Å². The summed E-state index contributed by atoms with van der Waals surface area (Å²) in [4.78, 5) is 8.13. The summed E-state index contributed by atoms with van der Waals surface area (Å²) in [5.74, 6) is 0.887. The lowest BCUT2D eigenvalue weighted by molar-refractivity contribution is 0.148. The molecular formula is C28H31N5O. The molecular weight excluding hydrogens is 422 g/mol.